The molecule has 122 valence electrons. The van der Waals surface area contributed by atoms with Crippen LogP contribution < -0.4 is 0 Å². The number of hydrogen-bond acceptors (Lipinski definition) is 3. The van der Waals surface area contributed by atoms with E-state index in [0.29, 0.717) is 12.8 Å². The van der Waals surface area contributed by atoms with Gasteiger partial charge in [0.15, 0.2) is 0 Å². The summed E-state index contributed by atoms with van der Waals surface area (Å²) in [6.07, 6.45) is 1.37. The molecule has 2 heterocycles. The minimum atomic E-state index is -0.683. The van der Waals surface area contributed by atoms with Crippen LogP contribution in [0.1, 0.15) is 29.3 Å². The zero-order valence-corrected chi connectivity index (χ0v) is 15.6. The zero-order valence-electron chi connectivity index (χ0n) is 12.4. The summed E-state index contributed by atoms with van der Waals surface area (Å²) in [4.78, 5) is 14.8. The first-order chi connectivity index (χ1) is 11.1. The topological polar surface area (TPSA) is 40.5 Å². The van der Waals surface area contributed by atoms with Crippen LogP contribution in [0.2, 0.25) is 5.02 Å². The highest BCUT2D eigenvalue weighted by molar-refractivity contribution is 9.11. The SMILES string of the molecule is O=C(O)C1CCN(C(c2ccc(Br)s2)c2ccccc2Cl)CC1. The van der Waals surface area contributed by atoms with Crippen LogP contribution >= 0.6 is 38.9 Å². The van der Waals surface area contributed by atoms with Crippen molar-refractivity contribution in [2.24, 2.45) is 5.92 Å². The van der Waals surface area contributed by atoms with Crippen LogP contribution in [0.25, 0.3) is 0 Å². The summed E-state index contributed by atoms with van der Waals surface area (Å²) >= 11 is 11.7. The summed E-state index contributed by atoms with van der Waals surface area (Å²) in [6, 6.07) is 12.2. The fourth-order valence-corrected chi connectivity index (χ4v) is 4.92. The van der Waals surface area contributed by atoms with Crippen LogP contribution in [0.15, 0.2) is 40.2 Å². The minimum Gasteiger partial charge on any atom is -0.481 e. The van der Waals surface area contributed by atoms with Gasteiger partial charge in [0.2, 0.25) is 0 Å². The normalized spacial score (nSPS) is 18.0. The Morgan fingerprint density at radius 3 is 2.52 bits per heavy atom. The molecule has 1 unspecified atom stereocenters. The molecule has 1 N–H and O–H groups in total. The number of aliphatic carboxylic acids is 1. The molecule has 0 bridgehead atoms. The second kappa shape index (κ2) is 7.34. The summed E-state index contributed by atoms with van der Waals surface area (Å²) < 4.78 is 1.09. The van der Waals surface area contributed by atoms with Gasteiger partial charge >= 0.3 is 5.97 Å². The molecule has 6 heteroatoms. The van der Waals surface area contributed by atoms with Gasteiger partial charge in [0.25, 0.3) is 0 Å². The van der Waals surface area contributed by atoms with Gasteiger partial charge in [-0.25, -0.2) is 0 Å². The highest BCUT2D eigenvalue weighted by Gasteiger charge is 2.31. The maximum Gasteiger partial charge on any atom is 0.306 e. The second-order valence-corrected chi connectivity index (χ2v) is 8.62. The highest BCUT2D eigenvalue weighted by Crippen LogP contribution is 2.39. The fourth-order valence-electron chi connectivity index (χ4n) is 3.11. The molecule has 0 saturated carbocycles. The average Bonchev–Trinajstić information content (AvgIpc) is 2.96. The molecule has 2 aromatic rings. The molecule has 1 saturated heterocycles. The van der Waals surface area contributed by atoms with Gasteiger partial charge in [-0.3, -0.25) is 9.69 Å². The molecule has 3 rings (SSSR count). The second-order valence-electron chi connectivity index (χ2n) is 5.71. The number of likely N-dealkylation sites (tertiary alicyclic amines) is 1. The van der Waals surface area contributed by atoms with Crippen molar-refractivity contribution < 1.29 is 9.90 Å². The third kappa shape index (κ3) is 3.79. The van der Waals surface area contributed by atoms with Crippen LogP contribution in [-0.2, 0) is 4.79 Å². The van der Waals surface area contributed by atoms with Gasteiger partial charge in [-0.2, -0.15) is 0 Å². The lowest BCUT2D eigenvalue weighted by atomic mass is 9.94. The van der Waals surface area contributed by atoms with Crippen molar-refractivity contribution in [2.75, 3.05) is 13.1 Å². The number of halogens is 2. The maximum absolute atomic E-state index is 11.2. The van der Waals surface area contributed by atoms with Crippen LogP contribution in [0.3, 0.4) is 0 Å². The summed E-state index contributed by atoms with van der Waals surface area (Å²) in [5.74, 6) is -0.911. The van der Waals surface area contributed by atoms with Crippen LogP contribution in [0, 0.1) is 5.92 Å². The lowest BCUT2D eigenvalue weighted by Gasteiger charge is -2.36. The van der Waals surface area contributed by atoms with Crippen molar-refractivity contribution in [1.29, 1.82) is 0 Å². The first-order valence-electron chi connectivity index (χ1n) is 7.53. The standard InChI is InChI=1S/C17H17BrClNO2S/c18-15-6-5-14(23-15)16(12-3-1-2-4-13(12)19)20-9-7-11(8-10-20)17(21)22/h1-6,11,16H,7-10H2,(H,21,22). The van der Waals surface area contributed by atoms with Gasteiger partial charge in [0, 0.05) is 9.90 Å². The molecule has 0 radical (unpaired) electrons. The van der Waals surface area contributed by atoms with E-state index in [1.165, 1.54) is 4.88 Å². The first kappa shape index (κ1) is 17.0. The van der Waals surface area contributed by atoms with Crippen LogP contribution in [-0.4, -0.2) is 29.1 Å². The van der Waals surface area contributed by atoms with Crippen molar-refractivity contribution in [3.05, 3.63) is 55.6 Å². The predicted molar refractivity (Wildman–Crippen MR) is 97.2 cm³/mol. The van der Waals surface area contributed by atoms with Crippen molar-refractivity contribution in [2.45, 2.75) is 18.9 Å². The molecular weight excluding hydrogens is 398 g/mol. The Morgan fingerprint density at radius 1 is 1.26 bits per heavy atom. The van der Waals surface area contributed by atoms with Crippen molar-refractivity contribution in [3.63, 3.8) is 0 Å². The Morgan fingerprint density at radius 2 is 1.96 bits per heavy atom. The Balaban J connectivity index is 1.91. The van der Waals surface area contributed by atoms with Gasteiger partial charge in [-0.15, -0.1) is 11.3 Å². The van der Waals surface area contributed by atoms with Gasteiger partial charge in [0.1, 0.15) is 0 Å². The number of carboxylic acid groups (broad SMARTS) is 1. The molecule has 3 nitrogen and oxygen atoms in total. The lowest BCUT2D eigenvalue weighted by Crippen LogP contribution is -2.39. The van der Waals surface area contributed by atoms with Crippen LogP contribution in [0.4, 0.5) is 0 Å². The van der Waals surface area contributed by atoms with Crippen molar-refractivity contribution >= 4 is 44.8 Å². The van der Waals surface area contributed by atoms with Crippen molar-refractivity contribution in [3.8, 4) is 0 Å². The number of thiophene rings is 1. The summed E-state index contributed by atoms with van der Waals surface area (Å²) in [7, 11) is 0. The summed E-state index contributed by atoms with van der Waals surface area (Å²) in [5, 5.41) is 9.95. The molecular formula is C17H17BrClNO2S. The largest absolute Gasteiger partial charge is 0.481 e. The first-order valence-corrected chi connectivity index (χ1v) is 9.51. The third-order valence-corrected chi connectivity index (χ3v) is 6.33. The number of piperidine rings is 1. The monoisotopic (exact) mass is 413 g/mol. The number of nitrogens with zero attached hydrogens (tertiary/aromatic N) is 1. The van der Waals surface area contributed by atoms with E-state index in [2.05, 4.69) is 33.0 Å². The number of carbonyl (C=O) groups is 1. The maximum atomic E-state index is 11.2. The Hall–Kier alpha value is -0.880. The number of hydrogen-bond donors (Lipinski definition) is 1. The third-order valence-electron chi connectivity index (χ3n) is 4.31. The highest BCUT2D eigenvalue weighted by atomic mass is 79.9. The summed E-state index contributed by atoms with van der Waals surface area (Å²) in [5.41, 5.74) is 1.08. The molecule has 1 aromatic carbocycles. The van der Waals surface area contributed by atoms with Crippen molar-refractivity contribution in [1.82, 2.24) is 4.90 Å². The zero-order chi connectivity index (χ0) is 16.4. The van der Waals surface area contributed by atoms with Gasteiger partial charge < -0.3 is 5.11 Å². The quantitative estimate of drug-likeness (QED) is 0.761. The molecule has 1 fully saturated rings. The van der Waals surface area contributed by atoms with E-state index in [1.54, 1.807) is 11.3 Å². The van der Waals surface area contributed by atoms with E-state index >= 15 is 0 Å². The molecule has 1 aliphatic heterocycles. The smallest absolute Gasteiger partial charge is 0.306 e. The minimum absolute atomic E-state index is 0.0785. The Bertz CT molecular complexity index is 697. The van der Waals surface area contributed by atoms with Crippen LogP contribution in [0.5, 0.6) is 0 Å². The molecule has 1 atom stereocenters. The molecule has 23 heavy (non-hydrogen) atoms. The van der Waals surface area contributed by atoms with E-state index in [4.69, 9.17) is 11.6 Å². The van der Waals surface area contributed by atoms with Gasteiger partial charge in [0.05, 0.1) is 15.7 Å². The van der Waals surface area contributed by atoms with E-state index in [-0.39, 0.29) is 12.0 Å². The molecule has 1 aliphatic rings. The summed E-state index contributed by atoms with van der Waals surface area (Å²) in [6.45, 7) is 1.53. The molecule has 0 amide bonds. The number of rotatable bonds is 4. The number of benzene rings is 1. The molecule has 0 spiro atoms. The average molecular weight is 415 g/mol. The van der Waals surface area contributed by atoms with Gasteiger partial charge in [-0.1, -0.05) is 29.8 Å². The lowest BCUT2D eigenvalue weighted by molar-refractivity contribution is -0.143. The Labute approximate surface area is 153 Å². The fraction of sp³-hybridized carbons (Fsp3) is 0.353. The Kier molecular flexibility index (Phi) is 5.42. The van der Waals surface area contributed by atoms with E-state index in [1.807, 2.05) is 24.3 Å². The predicted octanol–water partition coefficient (Wildman–Crippen LogP) is 5.05. The molecule has 1 aromatic heterocycles. The van der Waals surface area contributed by atoms with E-state index < -0.39 is 5.97 Å². The van der Waals surface area contributed by atoms with Gasteiger partial charge in [-0.05, 0) is 65.6 Å². The van der Waals surface area contributed by atoms with E-state index in [0.717, 1.165) is 27.5 Å². The number of carboxylic acids is 1. The molecule has 0 aliphatic carbocycles. The van der Waals surface area contributed by atoms with E-state index in [9.17, 15) is 9.90 Å².